The monoisotopic (exact) mass is 1150 g/mol. The van der Waals surface area contributed by atoms with Gasteiger partial charge < -0.3 is 43.4 Å². The van der Waals surface area contributed by atoms with Gasteiger partial charge in [-0.3, -0.25) is 14.2 Å². The van der Waals surface area contributed by atoms with Crippen LogP contribution in [0.4, 0.5) is 5.82 Å². The molecule has 17 nitrogen and oxygen atoms in total. The molecular formula is C65H87N8O9P. The van der Waals surface area contributed by atoms with Crippen LogP contribution in [0.25, 0.3) is 11.2 Å². The van der Waals surface area contributed by atoms with Crippen LogP contribution in [0.3, 0.4) is 0 Å². The van der Waals surface area contributed by atoms with Crippen molar-refractivity contribution in [3.63, 3.8) is 0 Å². The summed E-state index contributed by atoms with van der Waals surface area (Å²) in [7, 11) is 1.34. The van der Waals surface area contributed by atoms with Crippen LogP contribution in [0, 0.1) is 11.3 Å². The number of ether oxygens (including phenoxy) is 5. The molecule has 4 aromatic carbocycles. The van der Waals surface area contributed by atoms with Crippen LogP contribution in [0.5, 0.6) is 11.5 Å². The Morgan fingerprint density at radius 2 is 1.28 bits per heavy atom. The molecule has 1 fully saturated rings. The van der Waals surface area contributed by atoms with E-state index in [9.17, 15) is 14.9 Å². The molecule has 2 N–H and O–H groups in total. The van der Waals surface area contributed by atoms with Crippen molar-refractivity contribution in [2.24, 2.45) is 0 Å². The lowest BCUT2D eigenvalue weighted by Gasteiger charge is -2.39. The van der Waals surface area contributed by atoms with Crippen molar-refractivity contribution in [1.82, 2.24) is 29.5 Å². The zero-order valence-electron chi connectivity index (χ0n) is 49.8. The standard InChI is InChI=1S/C65H87N8O9P/c1-8-9-10-11-12-13-14-15-16-17-18-19-20-27-42-67-57(74)45-78-60-59(82-83(80-43-28-41-66)73(48(2)3)49(4)5)56(81-64(60)72-47-70-58-61(68-46-69-62(58)72)71-63(75)50-29-23-21-24-30-50)44-79-65(51-31-25-22-26-32-51,52-33-37-54(76-6)38-34-52)53-35-39-55(77-7)40-36-53/h21-26,29-40,46-49,56,59-60,64H,8-20,27-28,42-45H2,1-7H3,(H,67,74)(H,68,69,71,75)/t56-,59-,60-,64-,83?/m1/s1. The van der Waals surface area contributed by atoms with Crippen molar-refractivity contribution in [3.05, 3.63) is 144 Å². The molecule has 5 atom stereocenters. The third-order valence-corrected chi connectivity index (χ3v) is 17.1. The first-order chi connectivity index (χ1) is 40.5. The largest absolute Gasteiger partial charge is 0.497 e. The van der Waals surface area contributed by atoms with Gasteiger partial charge in [0.1, 0.15) is 48.3 Å². The van der Waals surface area contributed by atoms with E-state index in [1.54, 1.807) is 49.4 Å². The highest BCUT2D eigenvalue weighted by Crippen LogP contribution is 2.52. The maximum atomic E-state index is 14.0. The van der Waals surface area contributed by atoms with Crippen molar-refractivity contribution in [3.8, 4) is 17.6 Å². The second-order valence-corrected chi connectivity index (χ2v) is 23.0. The minimum atomic E-state index is -1.92. The number of nitriles is 1. The van der Waals surface area contributed by atoms with E-state index in [1.165, 1.54) is 77.0 Å². The highest BCUT2D eigenvalue weighted by Gasteiger charge is 2.52. The highest BCUT2D eigenvalue weighted by molar-refractivity contribution is 7.44. The summed E-state index contributed by atoms with van der Waals surface area (Å²) in [4.78, 5) is 41.4. The highest BCUT2D eigenvalue weighted by atomic mass is 31.2. The number of carbonyl (C=O) groups is 2. The van der Waals surface area contributed by atoms with Crippen LogP contribution in [0.2, 0.25) is 0 Å². The number of hydrogen-bond donors (Lipinski definition) is 2. The van der Waals surface area contributed by atoms with Crippen LogP contribution in [-0.4, -0.2) is 107 Å². The molecule has 1 aliphatic rings. The van der Waals surface area contributed by atoms with Crippen LogP contribution < -0.4 is 20.1 Å². The summed E-state index contributed by atoms with van der Waals surface area (Å²) in [5.41, 5.74) is 2.26. The fraction of sp³-hybridized carbons (Fsp3) is 0.508. The fourth-order valence-corrected chi connectivity index (χ4v) is 12.5. The normalized spacial score (nSPS) is 16.6. The summed E-state index contributed by atoms with van der Waals surface area (Å²) in [5.74, 6) is 0.881. The van der Waals surface area contributed by atoms with Crippen LogP contribution in [-0.2, 0) is 33.7 Å². The summed E-state index contributed by atoms with van der Waals surface area (Å²) in [6, 6.07) is 36.5. The summed E-state index contributed by atoms with van der Waals surface area (Å²) < 4.78 is 50.7. The van der Waals surface area contributed by atoms with E-state index in [0.29, 0.717) is 34.8 Å². The van der Waals surface area contributed by atoms with E-state index in [-0.39, 0.29) is 56.0 Å². The maximum absolute atomic E-state index is 14.0. The molecule has 18 heteroatoms. The quantitative estimate of drug-likeness (QED) is 0.0212. The fourth-order valence-electron chi connectivity index (χ4n) is 10.7. The number of anilines is 1. The third kappa shape index (κ3) is 17.8. The number of hydrogen-bond acceptors (Lipinski definition) is 14. The molecule has 2 amide bonds. The van der Waals surface area contributed by atoms with E-state index < -0.39 is 38.7 Å². The predicted octanol–water partition coefficient (Wildman–Crippen LogP) is 13.6. The van der Waals surface area contributed by atoms with E-state index in [1.807, 2.05) is 84.9 Å². The van der Waals surface area contributed by atoms with Gasteiger partial charge in [0, 0.05) is 24.2 Å². The van der Waals surface area contributed by atoms with Crippen molar-refractivity contribution in [2.75, 3.05) is 45.9 Å². The second-order valence-electron chi connectivity index (χ2n) is 21.6. The first-order valence-corrected chi connectivity index (χ1v) is 31.0. The molecule has 83 heavy (non-hydrogen) atoms. The number of unbranched alkanes of at least 4 members (excludes halogenated alkanes) is 13. The van der Waals surface area contributed by atoms with Gasteiger partial charge in [-0.25, -0.2) is 19.6 Å². The molecule has 6 aromatic rings. The third-order valence-electron chi connectivity index (χ3n) is 15.0. The number of carbonyl (C=O) groups excluding carboxylic acids is 2. The van der Waals surface area contributed by atoms with Gasteiger partial charge in [0.25, 0.3) is 14.4 Å². The Bertz CT molecular complexity index is 2830. The van der Waals surface area contributed by atoms with Gasteiger partial charge in [-0.05, 0) is 87.2 Å². The Labute approximate surface area is 493 Å². The average molecular weight is 1160 g/mol. The Morgan fingerprint density at radius 3 is 1.83 bits per heavy atom. The number of benzene rings is 4. The Hall–Kier alpha value is -6.35. The molecule has 0 aliphatic carbocycles. The van der Waals surface area contributed by atoms with Crippen molar-refractivity contribution < 1.29 is 42.3 Å². The number of methoxy groups -OCH3 is 2. The summed E-state index contributed by atoms with van der Waals surface area (Å²) in [5, 5.41) is 15.7. The number of nitrogens with zero attached hydrogens (tertiary/aromatic N) is 6. The first kappa shape index (κ1) is 64.2. The van der Waals surface area contributed by atoms with Crippen molar-refractivity contribution in [1.29, 1.82) is 5.26 Å². The van der Waals surface area contributed by atoms with Crippen LogP contribution in [0.15, 0.2) is 122 Å². The maximum Gasteiger partial charge on any atom is 0.259 e. The average Bonchev–Trinajstić information content (AvgIpc) is 3.46. The van der Waals surface area contributed by atoms with Crippen LogP contribution in [0.1, 0.15) is 164 Å². The summed E-state index contributed by atoms with van der Waals surface area (Å²) in [6.45, 7) is 10.7. The number of imidazole rings is 1. The van der Waals surface area contributed by atoms with E-state index in [4.69, 9.17) is 42.7 Å². The number of rotatable bonds is 37. The Balaban J connectivity index is 1.22. The van der Waals surface area contributed by atoms with Gasteiger partial charge in [-0.2, -0.15) is 5.26 Å². The lowest BCUT2D eigenvalue weighted by Crippen LogP contribution is -2.44. The molecule has 2 aromatic heterocycles. The lowest BCUT2D eigenvalue weighted by molar-refractivity contribution is -0.132. The molecular weight excluding hydrogens is 1070 g/mol. The number of aromatic nitrogens is 4. The first-order valence-electron chi connectivity index (χ1n) is 29.8. The summed E-state index contributed by atoms with van der Waals surface area (Å²) in [6.07, 6.45) is 16.5. The summed E-state index contributed by atoms with van der Waals surface area (Å²) >= 11 is 0. The molecule has 3 heterocycles. The van der Waals surface area contributed by atoms with Gasteiger partial charge in [0.15, 0.2) is 23.2 Å². The SMILES string of the molecule is CCCCCCCCCCCCCCCCNC(=O)CO[C@@H]1[C@H](OP(OCCC#N)N(C(C)C)C(C)C)[C@@H](COC(c2ccccc2)(c2ccc(OC)cc2)c2ccc(OC)cc2)O[C@H]1n1cnc2c(NC(=O)c3ccccc3)ncnc21. The molecule has 446 valence electrons. The zero-order valence-corrected chi connectivity index (χ0v) is 50.6. The van der Waals surface area contributed by atoms with Crippen molar-refractivity contribution in [2.45, 2.75) is 173 Å². The molecule has 0 spiro atoms. The van der Waals surface area contributed by atoms with E-state index in [0.717, 1.165) is 36.0 Å². The Morgan fingerprint density at radius 1 is 0.723 bits per heavy atom. The van der Waals surface area contributed by atoms with Crippen molar-refractivity contribution >= 4 is 37.3 Å². The minimum Gasteiger partial charge on any atom is -0.497 e. The molecule has 7 rings (SSSR count). The van der Waals surface area contributed by atoms with E-state index in [2.05, 4.69) is 61.0 Å². The number of nitrogens with one attached hydrogen (secondary N) is 2. The Kier molecular flexibility index (Phi) is 26.2. The molecule has 1 unspecified atom stereocenters. The van der Waals surface area contributed by atoms with Crippen LogP contribution >= 0.6 is 8.53 Å². The van der Waals surface area contributed by atoms with Gasteiger partial charge in [-0.15, -0.1) is 0 Å². The minimum absolute atomic E-state index is 0.0502. The molecule has 0 saturated carbocycles. The van der Waals surface area contributed by atoms with Gasteiger partial charge in [-0.1, -0.05) is 163 Å². The smallest absolute Gasteiger partial charge is 0.259 e. The molecule has 0 radical (unpaired) electrons. The van der Waals surface area contributed by atoms with Gasteiger partial charge >= 0.3 is 0 Å². The van der Waals surface area contributed by atoms with Gasteiger partial charge in [0.2, 0.25) is 5.91 Å². The second kappa shape index (κ2) is 33.8. The predicted molar refractivity (Wildman–Crippen MR) is 325 cm³/mol. The number of fused-ring (bicyclic) bond motifs is 1. The number of amides is 2. The molecule has 1 saturated heterocycles. The van der Waals surface area contributed by atoms with Gasteiger partial charge in [0.05, 0.1) is 46.3 Å². The van der Waals surface area contributed by atoms with E-state index >= 15 is 0 Å². The zero-order chi connectivity index (χ0) is 58.8. The molecule has 1 aliphatic heterocycles. The lowest BCUT2D eigenvalue weighted by atomic mass is 9.80. The molecule has 0 bridgehead atoms. The topological polar surface area (TPSA) is 193 Å².